The van der Waals surface area contributed by atoms with Crippen LogP contribution < -0.4 is 10.6 Å². The molecule has 0 bridgehead atoms. The Morgan fingerprint density at radius 3 is 2.37 bits per heavy atom. The van der Waals surface area contributed by atoms with Crippen molar-refractivity contribution in [2.24, 2.45) is 5.73 Å². The zero-order chi connectivity index (χ0) is 13.8. The van der Waals surface area contributed by atoms with Crippen LogP contribution in [0.3, 0.4) is 0 Å². The molecule has 0 amide bonds. The molecule has 2 aromatic carbocycles. The average molecular weight is 254 g/mol. The van der Waals surface area contributed by atoms with Gasteiger partial charge in [-0.05, 0) is 36.6 Å². The van der Waals surface area contributed by atoms with Crippen molar-refractivity contribution in [2.45, 2.75) is 26.4 Å². The molecule has 19 heavy (non-hydrogen) atoms. The summed E-state index contributed by atoms with van der Waals surface area (Å²) in [5, 5.41) is 0. The van der Waals surface area contributed by atoms with Crippen LogP contribution in [-0.2, 0) is 6.54 Å². The quantitative estimate of drug-likeness (QED) is 0.902. The number of nitrogens with two attached hydrogens (primary N) is 1. The summed E-state index contributed by atoms with van der Waals surface area (Å²) in [6.07, 6.45) is 0. The van der Waals surface area contributed by atoms with Gasteiger partial charge in [0.05, 0.1) is 0 Å². The maximum absolute atomic E-state index is 6.05. The van der Waals surface area contributed by atoms with Crippen LogP contribution in [0.25, 0.3) is 0 Å². The van der Waals surface area contributed by atoms with Crippen molar-refractivity contribution in [1.29, 1.82) is 0 Å². The van der Waals surface area contributed by atoms with Gasteiger partial charge in [-0.2, -0.15) is 0 Å². The van der Waals surface area contributed by atoms with Crippen molar-refractivity contribution in [2.75, 3.05) is 11.9 Å². The van der Waals surface area contributed by atoms with Gasteiger partial charge in [0.15, 0.2) is 0 Å². The highest BCUT2D eigenvalue weighted by Crippen LogP contribution is 2.25. The predicted octanol–water partition coefficient (Wildman–Crippen LogP) is 3.65. The van der Waals surface area contributed by atoms with Crippen LogP contribution in [0.5, 0.6) is 0 Å². The molecule has 0 aromatic heterocycles. The Morgan fingerprint density at radius 2 is 1.68 bits per heavy atom. The molecule has 0 aliphatic heterocycles. The lowest BCUT2D eigenvalue weighted by molar-refractivity contribution is 0.800. The first-order valence-electron chi connectivity index (χ1n) is 6.69. The topological polar surface area (TPSA) is 29.3 Å². The standard InChI is InChI=1S/C17H22N2/c1-13-8-4-5-9-15(13)12-19(3)17-11-7-6-10-16(17)14(2)18/h4-11,14H,12,18H2,1-3H3/t14-/m1/s1. The van der Waals surface area contributed by atoms with E-state index < -0.39 is 0 Å². The summed E-state index contributed by atoms with van der Waals surface area (Å²) in [7, 11) is 2.12. The van der Waals surface area contributed by atoms with Crippen LogP contribution in [0.4, 0.5) is 5.69 Å². The third-order valence-electron chi connectivity index (χ3n) is 3.51. The van der Waals surface area contributed by atoms with E-state index in [1.54, 1.807) is 0 Å². The molecule has 2 aromatic rings. The summed E-state index contributed by atoms with van der Waals surface area (Å²) in [5.74, 6) is 0. The van der Waals surface area contributed by atoms with Crippen molar-refractivity contribution in [1.82, 2.24) is 0 Å². The fourth-order valence-electron chi connectivity index (χ4n) is 2.35. The Hall–Kier alpha value is -1.80. The van der Waals surface area contributed by atoms with E-state index in [1.165, 1.54) is 22.4 Å². The summed E-state index contributed by atoms with van der Waals surface area (Å²) < 4.78 is 0. The first-order valence-corrected chi connectivity index (χ1v) is 6.69. The molecule has 0 spiro atoms. The Labute approximate surface area is 115 Å². The molecular formula is C17H22N2. The first kappa shape index (κ1) is 13.6. The van der Waals surface area contributed by atoms with Gasteiger partial charge in [0.2, 0.25) is 0 Å². The number of para-hydroxylation sites is 1. The Kier molecular flexibility index (Phi) is 4.23. The molecule has 0 aliphatic rings. The minimum atomic E-state index is 0.0514. The van der Waals surface area contributed by atoms with Gasteiger partial charge in [-0.3, -0.25) is 0 Å². The van der Waals surface area contributed by atoms with Gasteiger partial charge in [-0.25, -0.2) is 0 Å². The van der Waals surface area contributed by atoms with Crippen molar-refractivity contribution in [3.63, 3.8) is 0 Å². The van der Waals surface area contributed by atoms with Gasteiger partial charge in [0.25, 0.3) is 0 Å². The molecule has 2 nitrogen and oxygen atoms in total. The molecule has 0 heterocycles. The zero-order valence-corrected chi connectivity index (χ0v) is 11.9. The molecule has 2 rings (SSSR count). The molecule has 0 saturated heterocycles. The van der Waals surface area contributed by atoms with Crippen LogP contribution in [0, 0.1) is 6.92 Å². The van der Waals surface area contributed by atoms with Crippen molar-refractivity contribution >= 4 is 5.69 Å². The number of hydrogen-bond donors (Lipinski definition) is 1. The molecule has 0 saturated carbocycles. The molecule has 1 atom stereocenters. The van der Waals surface area contributed by atoms with Crippen molar-refractivity contribution < 1.29 is 0 Å². The van der Waals surface area contributed by atoms with Gasteiger partial charge in [0, 0.05) is 25.3 Å². The SMILES string of the molecule is Cc1ccccc1CN(C)c1ccccc1[C@@H](C)N. The summed E-state index contributed by atoms with van der Waals surface area (Å²) in [6.45, 7) is 5.08. The van der Waals surface area contributed by atoms with E-state index in [4.69, 9.17) is 5.73 Å². The molecule has 0 aliphatic carbocycles. The predicted molar refractivity (Wildman–Crippen MR) is 82.3 cm³/mol. The monoisotopic (exact) mass is 254 g/mol. The van der Waals surface area contributed by atoms with Crippen LogP contribution in [-0.4, -0.2) is 7.05 Å². The minimum Gasteiger partial charge on any atom is -0.370 e. The molecular weight excluding hydrogens is 232 g/mol. The Morgan fingerprint density at radius 1 is 1.05 bits per heavy atom. The first-order chi connectivity index (χ1) is 9.09. The van der Waals surface area contributed by atoms with Gasteiger partial charge >= 0.3 is 0 Å². The van der Waals surface area contributed by atoms with Crippen LogP contribution in [0.2, 0.25) is 0 Å². The minimum absolute atomic E-state index is 0.0514. The van der Waals surface area contributed by atoms with E-state index in [1.807, 2.05) is 13.0 Å². The van der Waals surface area contributed by atoms with Gasteiger partial charge < -0.3 is 10.6 Å². The van der Waals surface area contributed by atoms with Gasteiger partial charge in [0.1, 0.15) is 0 Å². The van der Waals surface area contributed by atoms with Crippen molar-refractivity contribution in [3.05, 3.63) is 65.2 Å². The van der Waals surface area contributed by atoms with E-state index >= 15 is 0 Å². The van der Waals surface area contributed by atoms with Crippen LogP contribution in [0.1, 0.15) is 29.7 Å². The lowest BCUT2D eigenvalue weighted by atomic mass is 10.0. The number of rotatable bonds is 4. The Bertz CT molecular complexity index is 546. The van der Waals surface area contributed by atoms with E-state index in [0.29, 0.717) is 0 Å². The highest BCUT2D eigenvalue weighted by Gasteiger charge is 2.10. The third-order valence-corrected chi connectivity index (χ3v) is 3.51. The second-order valence-electron chi connectivity index (χ2n) is 5.13. The zero-order valence-electron chi connectivity index (χ0n) is 11.9. The summed E-state index contributed by atoms with van der Waals surface area (Å²) in [5.41, 5.74) is 11.1. The average Bonchev–Trinajstić information content (AvgIpc) is 2.41. The normalized spacial score (nSPS) is 12.2. The molecule has 0 radical (unpaired) electrons. The maximum Gasteiger partial charge on any atom is 0.0428 e. The number of nitrogens with zero attached hydrogens (tertiary/aromatic N) is 1. The highest BCUT2D eigenvalue weighted by atomic mass is 15.1. The summed E-state index contributed by atoms with van der Waals surface area (Å²) in [4.78, 5) is 2.26. The molecule has 0 fully saturated rings. The van der Waals surface area contributed by atoms with Gasteiger partial charge in [-0.15, -0.1) is 0 Å². The van der Waals surface area contributed by atoms with E-state index in [9.17, 15) is 0 Å². The van der Waals surface area contributed by atoms with E-state index in [0.717, 1.165) is 6.54 Å². The molecule has 2 N–H and O–H groups in total. The largest absolute Gasteiger partial charge is 0.370 e. The summed E-state index contributed by atoms with van der Waals surface area (Å²) in [6, 6.07) is 16.9. The van der Waals surface area contributed by atoms with Crippen LogP contribution in [0.15, 0.2) is 48.5 Å². The fourth-order valence-corrected chi connectivity index (χ4v) is 2.35. The fraction of sp³-hybridized carbons (Fsp3) is 0.294. The maximum atomic E-state index is 6.05. The third kappa shape index (κ3) is 3.15. The van der Waals surface area contributed by atoms with E-state index in [2.05, 4.69) is 61.3 Å². The summed E-state index contributed by atoms with van der Waals surface area (Å²) >= 11 is 0. The smallest absolute Gasteiger partial charge is 0.0428 e. The molecule has 100 valence electrons. The van der Waals surface area contributed by atoms with Crippen LogP contribution >= 0.6 is 0 Å². The van der Waals surface area contributed by atoms with Gasteiger partial charge in [-0.1, -0.05) is 42.5 Å². The second-order valence-corrected chi connectivity index (χ2v) is 5.13. The van der Waals surface area contributed by atoms with E-state index in [-0.39, 0.29) is 6.04 Å². The second kappa shape index (κ2) is 5.89. The number of hydrogen-bond acceptors (Lipinski definition) is 2. The lowest BCUT2D eigenvalue weighted by Crippen LogP contribution is -2.20. The lowest BCUT2D eigenvalue weighted by Gasteiger charge is -2.24. The number of anilines is 1. The molecule has 2 heteroatoms. The number of aryl methyl sites for hydroxylation is 1. The highest BCUT2D eigenvalue weighted by molar-refractivity contribution is 5.54. The Balaban J connectivity index is 2.26. The number of benzene rings is 2. The molecule has 0 unspecified atom stereocenters. The van der Waals surface area contributed by atoms with Crippen molar-refractivity contribution in [3.8, 4) is 0 Å².